The molecule has 2 rings (SSSR count). The minimum Gasteiger partial charge on any atom is -0.459 e. The smallest absolute Gasteiger partial charge is 0.338 e. The number of esters is 1. The summed E-state index contributed by atoms with van der Waals surface area (Å²) < 4.78 is 5.15. The first-order valence-electron chi connectivity index (χ1n) is 7.89. The normalized spacial score (nSPS) is 11.1. The molecule has 2 heteroatoms. The van der Waals surface area contributed by atoms with Crippen LogP contribution in [0, 0.1) is 6.92 Å². The summed E-state index contributed by atoms with van der Waals surface area (Å²) in [5, 5.41) is 0. The van der Waals surface area contributed by atoms with Gasteiger partial charge in [-0.05, 0) is 49.9 Å². The van der Waals surface area contributed by atoms with Crippen LogP contribution in [0.2, 0.25) is 0 Å². The van der Waals surface area contributed by atoms with Gasteiger partial charge in [-0.15, -0.1) is 0 Å². The molecular formula is C20H26O2. The standard InChI is InChI=1S/C11H14O2.C9H12/c1-3-9(2)13-11(12)10-7-5-4-6-8-10;1-3-9-7-5-4-6-8(9)2/h4-9H,3H2,1-2H3;4-7H,3H2,1-2H3. The molecular weight excluding hydrogens is 272 g/mol. The van der Waals surface area contributed by atoms with Gasteiger partial charge in [0.2, 0.25) is 0 Å². The third-order valence-corrected chi connectivity index (χ3v) is 3.53. The minimum absolute atomic E-state index is 0.00675. The second kappa shape index (κ2) is 9.78. The van der Waals surface area contributed by atoms with Crippen molar-refractivity contribution >= 4 is 5.97 Å². The molecule has 0 fully saturated rings. The lowest BCUT2D eigenvalue weighted by Crippen LogP contribution is -2.13. The van der Waals surface area contributed by atoms with E-state index in [1.165, 1.54) is 11.1 Å². The second-order valence-corrected chi connectivity index (χ2v) is 5.27. The lowest BCUT2D eigenvalue weighted by Gasteiger charge is -2.10. The lowest BCUT2D eigenvalue weighted by molar-refractivity contribution is 0.0334. The Kier molecular flexibility index (Phi) is 7.98. The van der Waals surface area contributed by atoms with E-state index in [1.54, 1.807) is 12.1 Å². The van der Waals surface area contributed by atoms with Crippen molar-refractivity contribution in [3.05, 3.63) is 71.3 Å². The van der Waals surface area contributed by atoms with Gasteiger partial charge in [-0.3, -0.25) is 0 Å². The highest BCUT2D eigenvalue weighted by molar-refractivity contribution is 5.89. The van der Waals surface area contributed by atoms with E-state index < -0.39 is 0 Å². The van der Waals surface area contributed by atoms with Crippen molar-refractivity contribution in [2.75, 3.05) is 0 Å². The molecule has 118 valence electrons. The van der Waals surface area contributed by atoms with Crippen LogP contribution >= 0.6 is 0 Å². The number of hydrogen-bond donors (Lipinski definition) is 0. The summed E-state index contributed by atoms with van der Waals surface area (Å²) in [6.45, 7) is 8.21. The van der Waals surface area contributed by atoms with Crippen LogP contribution in [0.5, 0.6) is 0 Å². The van der Waals surface area contributed by atoms with Crippen LogP contribution in [0.3, 0.4) is 0 Å². The molecule has 0 aromatic heterocycles. The number of carbonyl (C=O) groups is 1. The number of rotatable bonds is 4. The van der Waals surface area contributed by atoms with E-state index in [1.807, 2.05) is 32.0 Å². The zero-order chi connectivity index (χ0) is 16.4. The summed E-state index contributed by atoms with van der Waals surface area (Å²) in [5.74, 6) is -0.241. The SMILES string of the molecule is CCC(C)OC(=O)c1ccccc1.CCc1ccccc1C. The summed E-state index contributed by atoms with van der Waals surface area (Å²) in [7, 11) is 0. The molecule has 0 aliphatic carbocycles. The Morgan fingerprint density at radius 1 is 1.00 bits per heavy atom. The van der Waals surface area contributed by atoms with E-state index in [-0.39, 0.29) is 12.1 Å². The Labute approximate surface area is 134 Å². The molecule has 2 aromatic rings. The summed E-state index contributed by atoms with van der Waals surface area (Å²) in [6.07, 6.45) is 1.98. The van der Waals surface area contributed by atoms with Gasteiger partial charge in [0.1, 0.15) is 0 Å². The lowest BCUT2D eigenvalue weighted by atomic mass is 10.1. The third kappa shape index (κ3) is 6.13. The van der Waals surface area contributed by atoms with Gasteiger partial charge in [0, 0.05) is 0 Å². The number of benzene rings is 2. The first-order valence-corrected chi connectivity index (χ1v) is 7.89. The highest BCUT2D eigenvalue weighted by Gasteiger charge is 2.08. The maximum Gasteiger partial charge on any atom is 0.338 e. The Hall–Kier alpha value is -2.09. The second-order valence-electron chi connectivity index (χ2n) is 5.27. The number of aryl methyl sites for hydroxylation is 2. The maximum absolute atomic E-state index is 11.4. The molecule has 0 amide bonds. The van der Waals surface area contributed by atoms with Crippen molar-refractivity contribution in [3.8, 4) is 0 Å². The van der Waals surface area contributed by atoms with Crippen molar-refractivity contribution in [2.24, 2.45) is 0 Å². The van der Waals surface area contributed by atoms with Crippen LogP contribution in [0.4, 0.5) is 0 Å². The molecule has 0 aliphatic heterocycles. The monoisotopic (exact) mass is 298 g/mol. The van der Waals surface area contributed by atoms with Gasteiger partial charge in [-0.2, -0.15) is 0 Å². The summed E-state index contributed by atoms with van der Waals surface area (Å²) in [6, 6.07) is 17.5. The van der Waals surface area contributed by atoms with Crippen LogP contribution in [-0.2, 0) is 11.2 Å². The molecule has 2 nitrogen and oxygen atoms in total. The van der Waals surface area contributed by atoms with Gasteiger partial charge in [-0.1, -0.05) is 56.3 Å². The van der Waals surface area contributed by atoms with Crippen molar-refractivity contribution in [2.45, 2.75) is 46.6 Å². The topological polar surface area (TPSA) is 26.3 Å². The Balaban J connectivity index is 0.000000235. The van der Waals surface area contributed by atoms with Gasteiger partial charge < -0.3 is 4.74 Å². The molecule has 0 saturated heterocycles. The van der Waals surface area contributed by atoms with E-state index in [2.05, 4.69) is 38.1 Å². The van der Waals surface area contributed by atoms with E-state index in [9.17, 15) is 4.79 Å². The molecule has 1 unspecified atom stereocenters. The minimum atomic E-state index is -0.241. The number of hydrogen-bond acceptors (Lipinski definition) is 2. The molecule has 22 heavy (non-hydrogen) atoms. The summed E-state index contributed by atoms with van der Waals surface area (Å²) in [4.78, 5) is 11.4. The van der Waals surface area contributed by atoms with Gasteiger partial charge in [0.15, 0.2) is 0 Å². The zero-order valence-electron chi connectivity index (χ0n) is 14.0. The molecule has 0 aliphatic rings. The molecule has 0 saturated carbocycles. The van der Waals surface area contributed by atoms with Crippen molar-refractivity contribution in [3.63, 3.8) is 0 Å². The molecule has 0 spiro atoms. The van der Waals surface area contributed by atoms with Crippen molar-refractivity contribution < 1.29 is 9.53 Å². The first kappa shape index (κ1) is 18.0. The molecule has 0 radical (unpaired) electrons. The van der Waals surface area contributed by atoms with E-state index in [0.717, 1.165) is 12.8 Å². The number of carbonyl (C=O) groups excluding carboxylic acids is 1. The highest BCUT2D eigenvalue weighted by atomic mass is 16.5. The Bertz CT molecular complexity index is 561. The summed E-state index contributed by atoms with van der Waals surface area (Å²) in [5.41, 5.74) is 3.47. The van der Waals surface area contributed by atoms with Gasteiger partial charge >= 0.3 is 5.97 Å². The van der Waals surface area contributed by atoms with E-state index in [0.29, 0.717) is 5.56 Å². The van der Waals surface area contributed by atoms with Crippen LogP contribution in [-0.4, -0.2) is 12.1 Å². The maximum atomic E-state index is 11.4. The Morgan fingerprint density at radius 2 is 1.59 bits per heavy atom. The molecule has 0 heterocycles. The fourth-order valence-electron chi connectivity index (χ4n) is 1.92. The average Bonchev–Trinajstić information content (AvgIpc) is 2.56. The number of ether oxygens (including phenoxy) is 1. The van der Waals surface area contributed by atoms with E-state index >= 15 is 0 Å². The summed E-state index contributed by atoms with van der Waals surface area (Å²) >= 11 is 0. The van der Waals surface area contributed by atoms with Crippen LogP contribution in [0.25, 0.3) is 0 Å². The molecule has 2 aromatic carbocycles. The van der Waals surface area contributed by atoms with Gasteiger partial charge in [-0.25, -0.2) is 4.79 Å². The molecule has 0 N–H and O–H groups in total. The Morgan fingerprint density at radius 3 is 2.09 bits per heavy atom. The van der Waals surface area contributed by atoms with Crippen LogP contribution in [0.1, 0.15) is 48.7 Å². The highest BCUT2D eigenvalue weighted by Crippen LogP contribution is 2.06. The fraction of sp³-hybridized carbons (Fsp3) is 0.350. The fourth-order valence-corrected chi connectivity index (χ4v) is 1.92. The molecule has 1 atom stereocenters. The van der Waals surface area contributed by atoms with Crippen molar-refractivity contribution in [1.82, 2.24) is 0 Å². The van der Waals surface area contributed by atoms with Gasteiger partial charge in [0.05, 0.1) is 11.7 Å². The average molecular weight is 298 g/mol. The quantitative estimate of drug-likeness (QED) is 0.725. The van der Waals surface area contributed by atoms with E-state index in [4.69, 9.17) is 4.74 Å². The van der Waals surface area contributed by atoms with Crippen LogP contribution < -0.4 is 0 Å². The first-order chi connectivity index (χ1) is 10.6. The van der Waals surface area contributed by atoms with Gasteiger partial charge in [0.25, 0.3) is 0 Å². The largest absolute Gasteiger partial charge is 0.459 e. The molecule has 0 bridgehead atoms. The zero-order valence-corrected chi connectivity index (χ0v) is 14.0. The van der Waals surface area contributed by atoms with Crippen LogP contribution in [0.15, 0.2) is 54.6 Å². The van der Waals surface area contributed by atoms with Crippen molar-refractivity contribution in [1.29, 1.82) is 0 Å². The predicted molar refractivity (Wildman–Crippen MR) is 92.2 cm³/mol. The predicted octanol–water partition coefficient (Wildman–Crippen LogP) is 5.20. The third-order valence-electron chi connectivity index (χ3n) is 3.53.